The first-order chi connectivity index (χ1) is 20.6. The number of benzene rings is 2. The van der Waals surface area contributed by atoms with E-state index in [4.69, 9.17) is 11.5 Å². The van der Waals surface area contributed by atoms with Crippen LogP contribution in [0.15, 0.2) is 48.5 Å². The number of aromatic hydroxyl groups is 2. The maximum Gasteiger partial charge on any atom is 0.243 e. The van der Waals surface area contributed by atoms with Gasteiger partial charge in [0.1, 0.15) is 29.9 Å². The first-order valence-electron chi connectivity index (χ1n) is 13.8. The van der Waals surface area contributed by atoms with Crippen molar-refractivity contribution in [3.8, 4) is 11.5 Å². The van der Waals surface area contributed by atoms with Gasteiger partial charge in [0.25, 0.3) is 0 Å². The first kappa shape index (κ1) is 35.1. The van der Waals surface area contributed by atoms with Crippen LogP contribution in [0.2, 0.25) is 0 Å². The second-order valence-electron chi connectivity index (χ2n) is 9.96. The number of rotatable bonds is 18. The summed E-state index contributed by atoms with van der Waals surface area (Å²) < 4.78 is 0. The number of hydrogen-bond donors (Lipinski definition) is 9. The van der Waals surface area contributed by atoms with Gasteiger partial charge >= 0.3 is 0 Å². The van der Waals surface area contributed by atoms with Crippen LogP contribution in [0.25, 0.3) is 0 Å². The largest absolute Gasteiger partial charge is 0.508 e. The Balaban J connectivity index is 2.07. The Bertz CT molecular complexity index is 1210. The van der Waals surface area contributed by atoms with Crippen LogP contribution in [0.4, 0.5) is 0 Å². The van der Waals surface area contributed by atoms with Crippen LogP contribution in [0.5, 0.6) is 11.5 Å². The van der Waals surface area contributed by atoms with Gasteiger partial charge in [-0.1, -0.05) is 24.3 Å². The molecule has 43 heavy (non-hydrogen) atoms. The predicted octanol–water partition coefficient (Wildman–Crippen LogP) is -0.961. The average molecular weight is 617 g/mol. The number of phenols is 2. The fourth-order valence-corrected chi connectivity index (χ4v) is 4.21. The molecule has 0 aliphatic carbocycles. The van der Waals surface area contributed by atoms with E-state index in [-0.39, 0.29) is 36.5 Å². The molecule has 14 heteroatoms. The summed E-state index contributed by atoms with van der Waals surface area (Å²) in [5.74, 6) is -2.36. The molecule has 10 N–H and O–H groups in total. The third-order valence-corrected chi connectivity index (χ3v) is 6.84. The lowest BCUT2D eigenvalue weighted by Crippen LogP contribution is -2.57. The summed E-state index contributed by atoms with van der Waals surface area (Å²) in [6.45, 7) is -0.0769. The molecule has 2 aromatic carbocycles. The van der Waals surface area contributed by atoms with Crippen molar-refractivity contribution in [2.75, 3.05) is 18.8 Å². The summed E-state index contributed by atoms with van der Waals surface area (Å²) in [5.41, 5.74) is 12.7. The quantitative estimate of drug-likeness (QED) is 0.0570. The van der Waals surface area contributed by atoms with Crippen LogP contribution in [-0.4, -0.2) is 83.1 Å². The Morgan fingerprint density at radius 3 is 1.88 bits per heavy atom. The number of nitrogens with two attached hydrogens (primary N) is 2. The Kier molecular flexibility index (Phi) is 15.0. The van der Waals surface area contributed by atoms with Crippen LogP contribution in [0, 0.1) is 0 Å². The molecule has 2 rings (SSSR count). The van der Waals surface area contributed by atoms with E-state index in [1.165, 1.54) is 24.3 Å². The standard InChI is InChI=1S/C29H40N6O7S/c30-12-2-1-3-24(28(41)32-15-26(39)33-20(16-36)13-18-4-8-21(37)9-5-18)34-29(42)25(35-27(40)23(31)17-43)14-19-6-10-22(38)11-7-19/h4-11,16,20,23-25,37-38,43H,1-3,12-15,17,30-31H2,(H,32,41)(H,33,39)(H,34,42)(H,35,40)/t20-,23-,24-,25-/m0/s1. The molecule has 13 nitrogen and oxygen atoms in total. The Morgan fingerprint density at radius 1 is 0.791 bits per heavy atom. The van der Waals surface area contributed by atoms with Gasteiger partial charge in [0.15, 0.2) is 0 Å². The number of hydrogen-bond acceptors (Lipinski definition) is 10. The summed E-state index contributed by atoms with van der Waals surface area (Å²) in [6.07, 6.45) is 2.11. The highest BCUT2D eigenvalue weighted by Gasteiger charge is 2.28. The average Bonchev–Trinajstić information content (AvgIpc) is 3.00. The third-order valence-electron chi connectivity index (χ3n) is 6.45. The molecule has 4 atom stereocenters. The van der Waals surface area contributed by atoms with Crippen molar-refractivity contribution in [3.05, 3.63) is 59.7 Å². The van der Waals surface area contributed by atoms with Crippen molar-refractivity contribution in [1.29, 1.82) is 0 Å². The van der Waals surface area contributed by atoms with E-state index < -0.39 is 54.3 Å². The van der Waals surface area contributed by atoms with Gasteiger partial charge in [0, 0.05) is 12.2 Å². The summed E-state index contributed by atoms with van der Waals surface area (Å²) in [4.78, 5) is 62.9. The molecule has 2 aromatic rings. The lowest BCUT2D eigenvalue weighted by atomic mass is 10.0. The fraction of sp³-hybridized carbons (Fsp3) is 0.414. The molecule has 0 bridgehead atoms. The van der Waals surface area contributed by atoms with Crippen molar-refractivity contribution < 1.29 is 34.2 Å². The number of thiol groups is 1. The Morgan fingerprint density at radius 2 is 1.35 bits per heavy atom. The van der Waals surface area contributed by atoms with Gasteiger partial charge in [-0.2, -0.15) is 12.6 Å². The van der Waals surface area contributed by atoms with Crippen molar-refractivity contribution in [2.24, 2.45) is 11.5 Å². The highest BCUT2D eigenvalue weighted by atomic mass is 32.1. The molecular weight excluding hydrogens is 576 g/mol. The van der Waals surface area contributed by atoms with E-state index >= 15 is 0 Å². The van der Waals surface area contributed by atoms with Crippen molar-refractivity contribution >= 4 is 42.5 Å². The summed E-state index contributed by atoms with van der Waals surface area (Å²) in [7, 11) is 0. The molecule has 0 aliphatic rings. The topological polar surface area (TPSA) is 226 Å². The Labute approximate surface area is 255 Å². The van der Waals surface area contributed by atoms with Crippen LogP contribution in [-0.2, 0) is 36.8 Å². The molecule has 0 unspecified atom stereocenters. The maximum atomic E-state index is 13.4. The zero-order valence-electron chi connectivity index (χ0n) is 23.7. The van der Waals surface area contributed by atoms with Crippen LogP contribution >= 0.6 is 12.6 Å². The molecule has 4 amide bonds. The molecule has 0 saturated carbocycles. The SMILES string of the molecule is NCCCC[C@H](NC(=O)[C@H](Cc1ccc(O)cc1)NC(=O)[C@@H](N)CS)C(=O)NCC(=O)N[C@H](C=O)Cc1ccc(O)cc1. The van der Waals surface area contributed by atoms with E-state index in [0.717, 1.165) is 0 Å². The first-order valence-corrected chi connectivity index (χ1v) is 14.4. The van der Waals surface area contributed by atoms with E-state index in [9.17, 15) is 34.2 Å². The molecule has 0 radical (unpaired) electrons. The zero-order chi connectivity index (χ0) is 31.8. The lowest BCUT2D eigenvalue weighted by molar-refractivity contribution is -0.133. The molecule has 0 saturated heterocycles. The number of carbonyl (C=O) groups excluding carboxylic acids is 5. The second-order valence-corrected chi connectivity index (χ2v) is 10.3. The third kappa shape index (κ3) is 12.7. The van der Waals surface area contributed by atoms with E-state index in [2.05, 4.69) is 33.9 Å². The smallest absolute Gasteiger partial charge is 0.243 e. The van der Waals surface area contributed by atoms with Crippen molar-refractivity contribution in [2.45, 2.75) is 56.3 Å². The van der Waals surface area contributed by atoms with Gasteiger partial charge < -0.3 is 47.7 Å². The monoisotopic (exact) mass is 616 g/mol. The van der Waals surface area contributed by atoms with E-state index in [0.29, 0.717) is 36.8 Å². The van der Waals surface area contributed by atoms with Crippen LogP contribution in [0.3, 0.4) is 0 Å². The molecule has 0 heterocycles. The maximum absolute atomic E-state index is 13.4. The molecule has 0 spiro atoms. The second kappa shape index (κ2) is 18.4. The van der Waals surface area contributed by atoms with Gasteiger partial charge in [0.2, 0.25) is 23.6 Å². The minimum Gasteiger partial charge on any atom is -0.508 e. The predicted molar refractivity (Wildman–Crippen MR) is 163 cm³/mol. The summed E-state index contributed by atoms with van der Waals surface area (Å²) in [6, 6.07) is 8.27. The van der Waals surface area contributed by atoms with Gasteiger partial charge in [-0.15, -0.1) is 0 Å². The number of unbranched alkanes of at least 4 members (excludes halogenated alkanes) is 1. The molecule has 0 fully saturated rings. The van der Waals surface area contributed by atoms with Crippen LogP contribution in [0.1, 0.15) is 30.4 Å². The van der Waals surface area contributed by atoms with Gasteiger partial charge in [-0.05, 0) is 67.6 Å². The minimum absolute atomic E-state index is 0.0337. The molecule has 0 aromatic heterocycles. The minimum atomic E-state index is -1.11. The van der Waals surface area contributed by atoms with Gasteiger partial charge in [0.05, 0.1) is 18.6 Å². The highest BCUT2D eigenvalue weighted by molar-refractivity contribution is 7.80. The van der Waals surface area contributed by atoms with E-state index in [1.54, 1.807) is 24.3 Å². The van der Waals surface area contributed by atoms with E-state index in [1.807, 2.05) is 0 Å². The molecule has 234 valence electrons. The van der Waals surface area contributed by atoms with Gasteiger partial charge in [-0.25, -0.2) is 0 Å². The number of carbonyl (C=O) groups is 5. The number of amides is 4. The summed E-state index contributed by atoms with van der Waals surface area (Å²) >= 11 is 4.03. The number of aldehydes is 1. The van der Waals surface area contributed by atoms with Crippen LogP contribution < -0.4 is 32.7 Å². The lowest BCUT2D eigenvalue weighted by Gasteiger charge is -2.24. The van der Waals surface area contributed by atoms with Crippen molar-refractivity contribution in [1.82, 2.24) is 21.3 Å². The van der Waals surface area contributed by atoms with Crippen molar-refractivity contribution in [3.63, 3.8) is 0 Å². The molecular formula is C29H40N6O7S. The molecule has 0 aliphatic heterocycles. The van der Waals surface area contributed by atoms with Gasteiger partial charge in [-0.3, -0.25) is 19.2 Å². The zero-order valence-corrected chi connectivity index (χ0v) is 24.6. The number of phenolic OH excluding ortho intramolecular Hbond substituents is 2. The summed E-state index contributed by atoms with van der Waals surface area (Å²) in [5, 5.41) is 29.3. The number of nitrogens with one attached hydrogen (secondary N) is 4. The fourth-order valence-electron chi connectivity index (χ4n) is 4.04. The highest BCUT2D eigenvalue weighted by Crippen LogP contribution is 2.13. The Hall–Kier alpha value is -4.14. The normalized spacial score (nSPS) is 13.6.